The van der Waals surface area contributed by atoms with E-state index in [0.29, 0.717) is 18.2 Å². The van der Waals surface area contributed by atoms with Crippen LogP contribution in [-0.4, -0.2) is 36.3 Å². The van der Waals surface area contributed by atoms with Gasteiger partial charge >= 0.3 is 0 Å². The third-order valence-corrected chi connectivity index (χ3v) is 4.89. The quantitative estimate of drug-likeness (QED) is 0.919. The van der Waals surface area contributed by atoms with Gasteiger partial charge in [-0.1, -0.05) is 13.8 Å². The van der Waals surface area contributed by atoms with E-state index in [0.717, 1.165) is 25.4 Å². The number of nitrogens with one attached hydrogen (secondary N) is 1. The standard InChI is InChI=1S/C14H23N3OS/c1-10(2)15-8-11-9-19-14(16-11)17-6-7-18-13-5-3-4-12(13)17/h9-10,12-13,15H,3-8H2,1-2H3. The Labute approximate surface area is 119 Å². The first-order valence-electron chi connectivity index (χ1n) is 7.30. The first-order valence-corrected chi connectivity index (χ1v) is 8.18. The number of hydrogen-bond donors (Lipinski definition) is 1. The normalized spacial score (nSPS) is 27.0. The Morgan fingerprint density at radius 3 is 3.26 bits per heavy atom. The van der Waals surface area contributed by atoms with Crippen LogP contribution in [0.2, 0.25) is 0 Å². The Morgan fingerprint density at radius 2 is 2.42 bits per heavy atom. The second-order valence-electron chi connectivity index (χ2n) is 5.76. The summed E-state index contributed by atoms with van der Waals surface area (Å²) in [4.78, 5) is 7.27. The second kappa shape index (κ2) is 5.77. The number of thiazole rings is 1. The van der Waals surface area contributed by atoms with Gasteiger partial charge in [-0.05, 0) is 19.3 Å². The topological polar surface area (TPSA) is 37.4 Å². The Bertz CT molecular complexity index is 421. The SMILES string of the molecule is CC(C)NCc1csc(N2CCOC3CCCC32)n1. The third-order valence-electron chi connectivity index (χ3n) is 3.96. The van der Waals surface area contributed by atoms with Crippen molar-refractivity contribution in [3.8, 4) is 0 Å². The minimum atomic E-state index is 0.440. The summed E-state index contributed by atoms with van der Waals surface area (Å²) < 4.78 is 5.86. The van der Waals surface area contributed by atoms with E-state index in [1.807, 2.05) is 0 Å². The van der Waals surface area contributed by atoms with Crippen molar-refractivity contribution in [2.45, 2.75) is 57.8 Å². The van der Waals surface area contributed by atoms with Gasteiger partial charge in [-0.2, -0.15) is 0 Å². The van der Waals surface area contributed by atoms with Crippen molar-refractivity contribution in [1.82, 2.24) is 10.3 Å². The van der Waals surface area contributed by atoms with Crippen molar-refractivity contribution >= 4 is 16.5 Å². The minimum absolute atomic E-state index is 0.440. The number of fused-ring (bicyclic) bond motifs is 1. The Balaban J connectivity index is 1.67. The summed E-state index contributed by atoms with van der Waals surface area (Å²) in [6.07, 6.45) is 4.20. The van der Waals surface area contributed by atoms with E-state index in [1.165, 1.54) is 24.4 Å². The van der Waals surface area contributed by atoms with Crippen LogP contribution in [0.3, 0.4) is 0 Å². The molecule has 2 unspecified atom stereocenters. The van der Waals surface area contributed by atoms with Gasteiger partial charge in [-0.3, -0.25) is 0 Å². The molecule has 0 aromatic carbocycles. The summed E-state index contributed by atoms with van der Waals surface area (Å²) >= 11 is 1.78. The molecule has 1 aliphatic heterocycles. The van der Waals surface area contributed by atoms with Gasteiger partial charge in [0.1, 0.15) is 0 Å². The Kier molecular flexibility index (Phi) is 4.05. The van der Waals surface area contributed by atoms with E-state index < -0.39 is 0 Å². The molecular weight excluding hydrogens is 258 g/mol. The lowest BCUT2D eigenvalue weighted by Crippen LogP contribution is -2.48. The highest BCUT2D eigenvalue weighted by atomic mass is 32.1. The lowest BCUT2D eigenvalue weighted by molar-refractivity contribution is 0.0256. The van der Waals surface area contributed by atoms with E-state index in [4.69, 9.17) is 9.72 Å². The predicted molar refractivity (Wildman–Crippen MR) is 78.8 cm³/mol. The summed E-state index contributed by atoms with van der Waals surface area (Å²) in [7, 11) is 0. The fourth-order valence-corrected chi connectivity index (χ4v) is 3.89. The zero-order chi connectivity index (χ0) is 13.2. The van der Waals surface area contributed by atoms with Crippen LogP contribution in [0.5, 0.6) is 0 Å². The summed E-state index contributed by atoms with van der Waals surface area (Å²) in [5.74, 6) is 0. The van der Waals surface area contributed by atoms with Crippen LogP contribution < -0.4 is 10.2 Å². The van der Waals surface area contributed by atoms with Crippen LogP contribution in [0.15, 0.2) is 5.38 Å². The van der Waals surface area contributed by atoms with Gasteiger partial charge in [-0.25, -0.2) is 4.98 Å². The van der Waals surface area contributed by atoms with Crippen molar-refractivity contribution in [1.29, 1.82) is 0 Å². The molecule has 0 amide bonds. The summed E-state index contributed by atoms with van der Waals surface area (Å²) in [5, 5.41) is 6.79. The van der Waals surface area contributed by atoms with Crippen molar-refractivity contribution in [3.05, 3.63) is 11.1 Å². The molecule has 5 heteroatoms. The van der Waals surface area contributed by atoms with E-state index in [9.17, 15) is 0 Å². The fraction of sp³-hybridized carbons (Fsp3) is 0.786. The monoisotopic (exact) mass is 281 g/mol. The Morgan fingerprint density at radius 1 is 1.53 bits per heavy atom. The van der Waals surface area contributed by atoms with E-state index in [-0.39, 0.29) is 0 Å². The molecule has 2 fully saturated rings. The Hall–Kier alpha value is -0.650. The van der Waals surface area contributed by atoms with Crippen LogP contribution in [0.25, 0.3) is 0 Å². The van der Waals surface area contributed by atoms with Gasteiger partial charge in [0, 0.05) is 24.5 Å². The maximum atomic E-state index is 5.86. The zero-order valence-electron chi connectivity index (χ0n) is 11.8. The highest BCUT2D eigenvalue weighted by Crippen LogP contribution is 2.34. The number of nitrogens with zero attached hydrogens (tertiary/aromatic N) is 2. The molecule has 1 aromatic heterocycles. The maximum Gasteiger partial charge on any atom is 0.185 e. The average molecular weight is 281 g/mol. The van der Waals surface area contributed by atoms with Crippen LogP contribution in [0.1, 0.15) is 38.8 Å². The van der Waals surface area contributed by atoms with Gasteiger partial charge in [0.2, 0.25) is 0 Å². The summed E-state index contributed by atoms with van der Waals surface area (Å²) in [6, 6.07) is 1.07. The number of aromatic nitrogens is 1. The molecular formula is C14H23N3OS. The summed E-state index contributed by atoms with van der Waals surface area (Å²) in [6.45, 7) is 7.04. The van der Waals surface area contributed by atoms with Crippen LogP contribution in [-0.2, 0) is 11.3 Å². The molecule has 1 saturated heterocycles. The number of rotatable bonds is 4. The molecule has 106 valence electrons. The molecule has 2 heterocycles. The number of morpholine rings is 1. The molecule has 4 nitrogen and oxygen atoms in total. The molecule has 0 spiro atoms. The molecule has 3 rings (SSSR count). The van der Waals surface area contributed by atoms with Crippen molar-refractivity contribution in [2.75, 3.05) is 18.1 Å². The average Bonchev–Trinajstić information content (AvgIpc) is 3.04. The lowest BCUT2D eigenvalue weighted by atomic mass is 10.1. The third kappa shape index (κ3) is 2.93. The molecule has 0 radical (unpaired) electrons. The number of anilines is 1. The van der Waals surface area contributed by atoms with Gasteiger partial charge in [0.05, 0.1) is 24.4 Å². The molecule has 1 saturated carbocycles. The maximum absolute atomic E-state index is 5.86. The highest BCUT2D eigenvalue weighted by molar-refractivity contribution is 7.13. The smallest absolute Gasteiger partial charge is 0.185 e. The minimum Gasteiger partial charge on any atom is -0.374 e. The zero-order valence-corrected chi connectivity index (χ0v) is 12.6. The van der Waals surface area contributed by atoms with Crippen molar-refractivity contribution < 1.29 is 4.74 Å². The second-order valence-corrected chi connectivity index (χ2v) is 6.59. The van der Waals surface area contributed by atoms with E-state index >= 15 is 0 Å². The van der Waals surface area contributed by atoms with Gasteiger partial charge in [0.25, 0.3) is 0 Å². The van der Waals surface area contributed by atoms with E-state index in [2.05, 4.69) is 29.4 Å². The van der Waals surface area contributed by atoms with Crippen LogP contribution in [0, 0.1) is 0 Å². The number of ether oxygens (including phenoxy) is 1. The molecule has 1 N–H and O–H groups in total. The first kappa shape index (κ1) is 13.3. The van der Waals surface area contributed by atoms with E-state index in [1.54, 1.807) is 11.3 Å². The molecule has 1 aliphatic carbocycles. The predicted octanol–water partition coefficient (Wildman–Crippen LogP) is 2.40. The molecule has 2 atom stereocenters. The number of hydrogen-bond acceptors (Lipinski definition) is 5. The highest BCUT2D eigenvalue weighted by Gasteiger charge is 2.37. The van der Waals surface area contributed by atoms with Crippen molar-refractivity contribution in [3.63, 3.8) is 0 Å². The fourth-order valence-electron chi connectivity index (χ4n) is 2.98. The molecule has 2 aliphatic rings. The van der Waals surface area contributed by atoms with Crippen molar-refractivity contribution in [2.24, 2.45) is 0 Å². The lowest BCUT2D eigenvalue weighted by Gasteiger charge is -2.37. The van der Waals surface area contributed by atoms with Crippen LogP contribution >= 0.6 is 11.3 Å². The van der Waals surface area contributed by atoms with Gasteiger partial charge < -0.3 is 15.0 Å². The first-order chi connectivity index (χ1) is 9.24. The van der Waals surface area contributed by atoms with Gasteiger partial charge in [0.15, 0.2) is 5.13 Å². The molecule has 1 aromatic rings. The largest absolute Gasteiger partial charge is 0.374 e. The summed E-state index contributed by atoms with van der Waals surface area (Å²) in [5.41, 5.74) is 1.16. The van der Waals surface area contributed by atoms with Gasteiger partial charge in [-0.15, -0.1) is 11.3 Å². The molecule has 19 heavy (non-hydrogen) atoms. The van der Waals surface area contributed by atoms with Crippen LogP contribution in [0.4, 0.5) is 5.13 Å². The molecule has 0 bridgehead atoms.